The Morgan fingerprint density at radius 2 is 2.06 bits per heavy atom. The molecule has 1 aromatic carbocycles. The van der Waals surface area contributed by atoms with E-state index in [-0.39, 0.29) is 11.9 Å². The van der Waals surface area contributed by atoms with Gasteiger partial charge in [0.2, 0.25) is 5.89 Å². The lowest BCUT2D eigenvalue weighted by molar-refractivity contribution is 0.0933. The summed E-state index contributed by atoms with van der Waals surface area (Å²) in [7, 11) is 0. The number of amides is 1. The second-order valence-electron chi connectivity index (χ2n) is 7.74. The lowest BCUT2D eigenvalue weighted by Crippen LogP contribution is -2.29. The highest BCUT2D eigenvalue weighted by atomic mass is 32.1. The number of hydrogen-bond acceptors (Lipinski definition) is 6. The van der Waals surface area contributed by atoms with E-state index in [1.54, 1.807) is 18.3 Å². The van der Waals surface area contributed by atoms with Crippen LogP contribution in [0.3, 0.4) is 0 Å². The minimum absolute atomic E-state index is 0.143. The topological polar surface area (TPSA) is 80.9 Å². The monoisotopic (exact) mass is 430 g/mol. The van der Waals surface area contributed by atoms with Crippen molar-refractivity contribution in [1.82, 2.24) is 20.4 Å². The smallest absolute Gasteiger partial charge is 0.252 e. The van der Waals surface area contributed by atoms with E-state index in [4.69, 9.17) is 9.51 Å². The first-order valence-electron chi connectivity index (χ1n) is 10.4. The average Bonchev–Trinajstić information content (AvgIpc) is 3.44. The zero-order valence-electron chi connectivity index (χ0n) is 17.4. The molecule has 3 aromatic heterocycles. The molecule has 4 aromatic rings. The number of nitrogens with one attached hydrogen (secondary N) is 1. The molecule has 0 aliphatic heterocycles. The van der Waals surface area contributed by atoms with Gasteiger partial charge in [0.05, 0.1) is 16.8 Å². The van der Waals surface area contributed by atoms with Gasteiger partial charge in [0, 0.05) is 10.3 Å². The van der Waals surface area contributed by atoms with E-state index in [0.717, 1.165) is 41.4 Å². The first-order chi connectivity index (χ1) is 15.1. The second kappa shape index (κ2) is 8.07. The minimum atomic E-state index is -0.388. The van der Waals surface area contributed by atoms with Gasteiger partial charge in [0.1, 0.15) is 6.04 Å². The van der Waals surface area contributed by atoms with Gasteiger partial charge in [0.25, 0.3) is 5.91 Å². The van der Waals surface area contributed by atoms with Gasteiger partial charge in [-0.2, -0.15) is 4.98 Å². The summed E-state index contributed by atoms with van der Waals surface area (Å²) in [5.41, 5.74) is 4.65. The van der Waals surface area contributed by atoms with E-state index in [9.17, 15) is 4.79 Å². The third-order valence-corrected chi connectivity index (χ3v) is 6.34. The SMILES string of the molecule is Cc1noc(C(C)NC(=O)c2c3c(nc4ccccc24)/C(=C\c2cccs2)CCC3)n1. The van der Waals surface area contributed by atoms with Crippen molar-refractivity contribution in [2.24, 2.45) is 0 Å². The van der Waals surface area contributed by atoms with E-state index >= 15 is 0 Å². The summed E-state index contributed by atoms with van der Waals surface area (Å²) in [5.74, 6) is 0.804. The molecule has 6 nitrogen and oxygen atoms in total. The second-order valence-corrected chi connectivity index (χ2v) is 8.72. The summed E-state index contributed by atoms with van der Waals surface area (Å²) in [4.78, 5) is 23.9. The number of hydrogen-bond donors (Lipinski definition) is 1. The normalized spacial score (nSPS) is 15.7. The van der Waals surface area contributed by atoms with Crippen LogP contribution in [0.2, 0.25) is 0 Å². The molecule has 3 heterocycles. The first kappa shape index (κ1) is 19.6. The van der Waals surface area contributed by atoms with E-state index in [0.29, 0.717) is 17.3 Å². The number of pyridine rings is 1. The van der Waals surface area contributed by atoms with Crippen molar-refractivity contribution >= 4 is 39.8 Å². The average molecular weight is 431 g/mol. The number of carbonyl (C=O) groups excluding carboxylic acids is 1. The van der Waals surface area contributed by atoms with Crippen LogP contribution in [0.1, 0.15) is 64.0 Å². The number of carbonyl (C=O) groups is 1. The van der Waals surface area contributed by atoms with E-state index in [1.807, 2.05) is 37.3 Å². The third kappa shape index (κ3) is 3.77. The molecular formula is C24H22N4O2S. The molecular weight excluding hydrogens is 408 g/mol. The van der Waals surface area contributed by atoms with Gasteiger partial charge in [-0.3, -0.25) is 4.79 Å². The fourth-order valence-corrected chi connectivity index (χ4v) is 4.78. The summed E-state index contributed by atoms with van der Waals surface area (Å²) >= 11 is 1.71. The summed E-state index contributed by atoms with van der Waals surface area (Å²) < 4.78 is 5.24. The zero-order chi connectivity index (χ0) is 21.4. The molecule has 1 aliphatic carbocycles. The molecule has 7 heteroatoms. The quantitative estimate of drug-likeness (QED) is 0.472. The van der Waals surface area contributed by atoms with Crippen molar-refractivity contribution in [2.45, 2.75) is 39.2 Å². The molecule has 0 saturated heterocycles. The lowest BCUT2D eigenvalue weighted by Gasteiger charge is -2.23. The molecule has 1 amide bonds. The maximum absolute atomic E-state index is 13.5. The molecule has 1 N–H and O–H groups in total. The Bertz CT molecular complexity index is 1290. The van der Waals surface area contributed by atoms with E-state index in [1.165, 1.54) is 10.5 Å². The van der Waals surface area contributed by atoms with Crippen molar-refractivity contribution in [3.63, 3.8) is 0 Å². The highest BCUT2D eigenvalue weighted by Crippen LogP contribution is 2.36. The largest absolute Gasteiger partial charge is 0.340 e. The van der Waals surface area contributed by atoms with Crippen LogP contribution in [-0.2, 0) is 6.42 Å². The molecule has 0 fully saturated rings. The lowest BCUT2D eigenvalue weighted by atomic mass is 9.86. The van der Waals surface area contributed by atoms with E-state index in [2.05, 4.69) is 33.0 Å². The molecule has 31 heavy (non-hydrogen) atoms. The van der Waals surface area contributed by atoms with Crippen molar-refractivity contribution in [1.29, 1.82) is 0 Å². The number of aryl methyl sites for hydroxylation is 1. The highest BCUT2D eigenvalue weighted by molar-refractivity contribution is 7.10. The number of rotatable bonds is 4. The first-order valence-corrected chi connectivity index (χ1v) is 11.3. The number of fused-ring (bicyclic) bond motifs is 2. The fourth-order valence-electron chi connectivity index (χ4n) is 4.10. The minimum Gasteiger partial charge on any atom is -0.340 e. The number of para-hydroxylation sites is 1. The van der Waals surface area contributed by atoms with Gasteiger partial charge in [-0.15, -0.1) is 11.3 Å². The number of thiophene rings is 1. The summed E-state index contributed by atoms with van der Waals surface area (Å²) in [6.45, 7) is 3.61. The van der Waals surface area contributed by atoms with Crippen LogP contribution in [0.15, 0.2) is 46.3 Å². The Morgan fingerprint density at radius 3 is 2.84 bits per heavy atom. The molecule has 1 aliphatic rings. The van der Waals surface area contributed by atoms with Crippen LogP contribution in [0.4, 0.5) is 0 Å². The Morgan fingerprint density at radius 1 is 1.19 bits per heavy atom. The van der Waals surface area contributed by atoms with Crippen LogP contribution in [0.5, 0.6) is 0 Å². The molecule has 156 valence electrons. The predicted molar refractivity (Wildman–Crippen MR) is 122 cm³/mol. The summed E-state index contributed by atoms with van der Waals surface area (Å²) in [5, 5.41) is 9.82. The molecule has 0 bridgehead atoms. The van der Waals surface area contributed by atoms with Gasteiger partial charge in [-0.1, -0.05) is 29.4 Å². The maximum atomic E-state index is 13.5. The molecule has 1 unspecified atom stereocenters. The summed E-state index contributed by atoms with van der Waals surface area (Å²) in [6, 6.07) is 11.6. The van der Waals surface area contributed by atoms with Crippen molar-refractivity contribution in [3.8, 4) is 0 Å². The van der Waals surface area contributed by atoms with Crippen LogP contribution in [0.25, 0.3) is 22.6 Å². The summed E-state index contributed by atoms with van der Waals surface area (Å²) in [6.07, 6.45) is 4.97. The Kier molecular flexibility index (Phi) is 5.11. The molecule has 0 spiro atoms. The maximum Gasteiger partial charge on any atom is 0.252 e. The molecule has 5 rings (SSSR count). The van der Waals surface area contributed by atoms with Gasteiger partial charge < -0.3 is 9.84 Å². The Labute approximate surface area is 184 Å². The van der Waals surface area contributed by atoms with E-state index < -0.39 is 0 Å². The number of benzene rings is 1. The van der Waals surface area contributed by atoms with Crippen LogP contribution in [0, 0.1) is 6.92 Å². The Balaban J connectivity index is 1.61. The van der Waals surface area contributed by atoms with Crippen molar-refractivity contribution in [2.75, 3.05) is 0 Å². The molecule has 0 radical (unpaired) electrons. The Hall–Kier alpha value is -3.32. The number of aromatic nitrogens is 3. The van der Waals surface area contributed by atoms with Crippen molar-refractivity contribution < 1.29 is 9.32 Å². The molecule has 0 saturated carbocycles. The van der Waals surface area contributed by atoms with Gasteiger partial charge >= 0.3 is 0 Å². The highest BCUT2D eigenvalue weighted by Gasteiger charge is 2.26. The van der Waals surface area contributed by atoms with Gasteiger partial charge in [0.15, 0.2) is 5.82 Å². The third-order valence-electron chi connectivity index (χ3n) is 5.52. The van der Waals surface area contributed by atoms with Crippen LogP contribution >= 0.6 is 11.3 Å². The zero-order valence-corrected chi connectivity index (χ0v) is 18.2. The standard InChI is InChI=1S/C24H22N4O2S/c1-14(24-26-15(2)28-30-24)25-23(29)21-18-9-3-4-11-20(18)27-22-16(7-5-10-19(21)22)13-17-8-6-12-31-17/h3-4,6,8-9,11-14H,5,7,10H2,1-2H3,(H,25,29)/b16-13-. The fraction of sp³-hybridized carbons (Fsp3) is 0.250. The number of allylic oxidation sites excluding steroid dienone is 1. The van der Waals surface area contributed by atoms with Gasteiger partial charge in [-0.05, 0) is 67.8 Å². The van der Waals surface area contributed by atoms with Crippen molar-refractivity contribution in [3.05, 3.63) is 75.2 Å². The van der Waals surface area contributed by atoms with Crippen LogP contribution in [-0.4, -0.2) is 21.0 Å². The molecule has 1 atom stereocenters. The predicted octanol–water partition coefficient (Wildman–Crippen LogP) is 5.36. The number of nitrogens with zero attached hydrogens (tertiary/aromatic N) is 3. The van der Waals surface area contributed by atoms with Gasteiger partial charge in [-0.25, -0.2) is 4.98 Å². The van der Waals surface area contributed by atoms with Crippen LogP contribution < -0.4 is 5.32 Å².